The fourth-order valence-corrected chi connectivity index (χ4v) is 2.69. The Morgan fingerprint density at radius 3 is 2.86 bits per heavy atom. The molecule has 1 aromatic carbocycles. The predicted molar refractivity (Wildman–Crippen MR) is 78.3 cm³/mol. The average molecular weight is 291 g/mol. The number of carboxylic acid groups (broad SMARTS) is 1. The van der Waals surface area contributed by atoms with Crippen molar-refractivity contribution in [2.75, 3.05) is 13.2 Å². The van der Waals surface area contributed by atoms with E-state index in [1.807, 2.05) is 31.2 Å². The topological polar surface area (TPSA) is 66.8 Å². The monoisotopic (exact) mass is 291 g/mol. The maximum atomic E-state index is 12.2. The Morgan fingerprint density at radius 2 is 2.14 bits per heavy atom. The van der Waals surface area contributed by atoms with Crippen LogP contribution in [-0.4, -0.2) is 41.1 Å². The van der Waals surface area contributed by atoms with E-state index < -0.39 is 5.97 Å². The van der Waals surface area contributed by atoms with E-state index in [-0.39, 0.29) is 24.8 Å². The van der Waals surface area contributed by atoms with Crippen LogP contribution in [0.2, 0.25) is 0 Å². The van der Waals surface area contributed by atoms with Crippen molar-refractivity contribution in [2.45, 2.75) is 38.6 Å². The Kier molecular flexibility index (Phi) is 5.20. The van der Waals surface area contributed by atoms with Crippen LogP contribution in [0.5, 0.6) is 5.75 Å². The zero-order valence-electron chi connectivity index (χ0n) is 12.2. The summed E-state index contributed by atoms with van der Waals surface area (Å²) in [4.78, 5) is 24.7. The highest BCUT2D eigenvalue weighted by Crippen LogP contribution is 2.21. The van der Waals surface area contributed by atoms with Crippen molar-refractivity contribution >= 4 is 11.9 Å². The number of aliphatic carboxylic acids is 1. The van der Waals surface area contributed by atoms with E-state index in [0.29, 0.717) is 13.2 Å². The molecule has 114 valence electrons. The molecular weight excluding hydrogens is 270 g/mol. The van der Waals surface area contributed by atoms with E-state index in [0.717, 1.165) is 24.2 Å². The third-order valence-corrected chi connectivity index (χ3v) is 3.77. The normalized spacial score (nSPS) is 17.8. The highest BCUT2D eigenvalue weighted by Gasteiger charge is 2.29. The second-order valence-electron chi connectivity index (χ2n) is 5.35. The molecule has 1 aliphatic rings. The van der Waals surface area contributed by atoms with Crippen molar-refractivity contribution in [3.05, 3.63) is 29.8 Å². The van der Waals surface area contributed by atoms with E-state index in [9.17, 15) is 9.59 Å². The number of aryl methyl sites for hydroxylation is 1. The van der Waals surface area contributed by atoms with E-state index in [1.54, 1.807) is 4.90 Å². The number of hydrogen-bond donors (Lipinski definition) is 1. The van der Waals surface area contributed by atoms with Gasteiger partial charge in [0.2, 0.25) is 5.91 Å². The molecule has 1 heterocycles. The summed E-state index contributed by atoms with van der Waals surface area (Å²) in [5, 5.41) is 8.87. The molecule has 5 nitrogen and oxygen atoms in total. The SMILES string of the molecule is Cc1ccccc1OCCC(=O)N1CCCC1CC(=O)O. The quantitative estimate of drug-likeness (QED) is 0.872. The predicted octanol–water partition coefficient (Wildman–Crippen LogP) is 2.23. The zero-order valence-corrected chi connectivity index (χ0v) is 12.2. The molecular formula is C16H21NO4. The van der Waals surface area contributed by atoms with Crippen molar-refractivity contribution in [3.63, 3.8) is 0 Å². The minimum absolute atomic E-state index is 0.0210. The number of para-hydroxylation sites is 1. The maximum absolute atomic E-state index is 12.2. The lowest BCUT2D eigenvalue weighted by atomic mass is 10.1. The molecule has 1 aromatic rings. The molecule has 1 amide bonds. The van der Waals surface area contributed by atoms with Gasteiger partial charge in [-0.15, -0.1) is 0 Å². The number of rotatable bonds is 6. The van der Waals surface area contributed by atoms with Gasteiger partial charge in [0.05, 0.1) is 19.4 Å². The summed E-state index contributed by atoms with van der Waals surface area (Å²) in [6.07, 6.45) is 1.97. The number of carbonyl (C=O) groups excluding carboxylic acids is 1. The fraction of sp³-hybridized carbons (Fsp3) is 0.500. The highest BCUT2D eigenvalue weighted by molar-refractivity contribution is 5.78. The third kappa shape index (κ3) is 4.21. The number of carbonyl (C=O) groups is 2. The van der Waals surface area contributed by atoms with Gasteiger partial charge in [-0.2, -0.15) is 0 Å². The minimum Gasteiger partial charge on any atom is -0.493 e. The van der Waals surface area contributed by atoms with Gasteiger partial charge in [0.25, 0.3) is 0 Å². The van der Waals surface area contributed by atoms with Crippen LogP contribution < -0.4 is 4.74 Å². The van der Waals surface area contributed by atoms with E-state index >= 15 is 0 Å². The molecule has 0 radical (unpaired) electrons. The van der Waals surface area contributed by atoms with E-state index in [4.69, 9.17) is 9.84 Å². The van der Waals surface area contributed by atoms with Crippen molar-refractivity contribution in [3.8, 4) is 5.75 Å². The molecule has 5 heteroatoms. The van der Waals surface area contributed by atoms with Crippen LogP contribution in [0.1, 0.15) is 31.2 Å². The first kappa shape index (κ1) is 15.4. The fourth-order valence-electron chi connectivity index (χ4n) is 2.69. The molecule has 2 rings (SSSR count). The molecule has 0 saturated carbocycles. The Hall–Kier alpha value is -2.04. The first-order chi connectivity index (χ1) is 10.1. The van der Waals surface area contributed by atoms with Crippen molar-refractivity contribution in [2.24, 2.45) is 0 Å². The lowest BCUT2D eigenvalue weighted by Gasteiger charge is -2.23. The molecule has 21 heavy (non-hydrogen) atoms. The first-order valence-corrected chi connectivity index (χ1v) is 7.27. The van der Waals surface area contributed by atoms with Gasteiger partial charge in [0.15, 0.2) is 0 Å². The summed E-state index contributed by atoms with van der Waals surface area (Å²) < 4.78 is 5.62. The molecule has 0 bridgehead atoms. The lowest BCUT2D eigenvalue weighted by Crippen LogP contribution is -2.37. The van der Waals surface area contributed by atoms with Crippen molar-refractivity contribution in [1.82, 2.24) is 4.90 Å². The molecule has 0 aromatic heterocycles. The van der Waals surface area contributed by atoms with Gasteiger partial charge in [-0.3, -0.25) is 9.59 Å². The molecule has 0 aliphatic carbocycles. The molecule has 0 spiro atoms. The maximum Gasteiger partial charge on any atom is 0.305 e. The number of nitrogens with zero attached hydrogens (tertiary/aromatic N) is 1. The molecule has 1 N–H and O–H groups in total. The van der Waals surface area contributed by atoms with Crippen LogP contribution >= 0.6 is 0 Å². The number of ether oxygens (including phenoxy) is 1. The Balaban J connectivity index is 1.81. The smallest absolute Gasteiger partial charge is 0.305 e. The van der Waals surface area contributed by atoms with Gasteiger partial charge in [0.1, 0.15) is 5.75 Å². The van der Waals surface area contributed by atoms with Gasteiger partial charge < -0.3 is 14.7 Å². The number of likely N-dealkylation sites (tertiary alicyclic amines) is 1. The molecule has 1 atom stereocenters. The van der Waals surface area contributed by atoms with Crippen molar-refractivity contribution < 1.29 is 19.4 Å². The largest absolute Gasteiger partial charge is 0.493 e. The summed E-state index contributed by atoms with van der Waals surface area (Å²) >= 11 is 0. The summed E-state index contributed by atoms with van der Waals surface area (Å²) in [6.45, 7) is 2.93. The summed E-state index contributed by atoms with van der Waals surface area (Å²) in [5.41, 5.74) is 1.04. The average Bonchev–Trinajstić information content (AvgIpc) is 2.88. The summed E-state index contributed by atoms with van der Waals surface area (Å²) in [5.74, 6) is -0.0861. The van der Waals surface area contributed by atoms with Gasteiger partial charge in [-0.25, -0.2) is 0 Å². The van der Waals surface area contributed by atoms with E-state index in [2.05, 4.69) is 0 Å². The third-order valence-electron chi connectivity index (χ3n) is 3.77. The second kappa shape index (κ2) is 7.11. The van der Waals surface area contributed by atoms with Gasteiger partial charge in [-0.1, -0.05) is 18.2 Å². The zero-order chi connectivity index (χ0) is 15.2. The summed E-state index contributed by atoms with van der Waals surface area (Å²) in [6, 6.07) is 7.51. The number of amides is 1. The Morgan fingerprint density at radius 1 is 1.38 bits per heavy atom. The minimum atomic E-state index is -0.851. The van der Waals surface area contributed by atoms with E-state index in [1.165, 1.54) is 0 Å². The Labute approximate surface area is 124 Å². The Bertz CT molecular complexity index is 515. The van der Waals surface area contributed by atoms with Gasteiger partial charge in [-0.05, 0) is 31.4 Å². The number of hydrogen-bond acceptors (Lipinski definition) is 3. The van der Waals surface area contributed by atoms with Crippen LogP contribution in [0.15, 0.2) is 24.3 Å². The summed E-state index contributed by atoms with van der Waals surface area (Å²) in [7, 11) is 0. The van der Waals surface area contributed by atoms with Crippen LogP contribution in [0.4, 0.5) is 0 Å². The molecule has 1 aliphatic heterocycles. The van der Waals surface area contributed by atoms with Crippen LogP contribution in [-0.2, 0) is 9.59 Å². The first-order valence-electron chi connectivity index (χ1n) is 7.27. The van der Waals surface area contributed by atoms with Crippen molar-refractivity contribution in [1.29, 1.82) is 0 Å². The molecule has 1 fully saturated rings. The highest BCUT2D eigenvalue weighted by atomic mass is 16.5. The van der Waals surface area contributed by atoms with Crippen LogP contribution in [0, 0.1) is 6.92 Å². The van der Waals surface area contributed by atoms with Crippen LogP contribution in [0.25, 0.3) is 0 Å². The standard InChI is InChI=1S/C16H21NO4/c1-12-5-2-3-7-14(12)21-10-8-15(18)17-9-4-6-13(17)11-16(19)20/h2-3,5,7,13H,4,6,8-11H2,1H3,(H,19,20). The molecule has 1 saturated heterocycles. The van der Waals surface area contributed by atoms with Crippen LogP contribution in [0.3, 0.4) is 0 Å². The van der Waals surface area contributed by atoms with Gasteiger partial charge >= 0.3 is 5.97 Å². The molecule has 1 unspecified atom stereocenters. The number of benzene rings is 1. The number of carboxylic acids is 1. The van der Waals surface area contributed by atoms with Gasteiger partial charge in [0, 0.05) is 12.6 Å². The second-order valence-corrected chi connectivity index (χ2v) is 5.35. The lowest BCUT2D eigenvalue weighted by molar-refractivity contribution is -0.140.